The molecule has 2 aromatic carbocycles. The Morgan fingerprint density at radius 3 is 1.63 bits per heavy atom. The molecule has 0 aliphatic heterocycles. The first-order chi connectivity index (χ1) is 13.0. The maximum absolute atomic E-state index is 12.4. The molecule has 0 aromatic heterocycles. The van der Waals surface area contributed by atoms with Gasteiger partial charge in [0.2, 0.25) is 11.8 Å². The number of carbonyl (C=O) groups is 2. The van der Waals surface area contributed by atoms with E-state index in [4.69, 9.17) is 0 Å². The minimum absolute atomic E-state index is 0.0690. The third-order valence-corrected chi connectivity index (χ3v) is 4.55. The molecule has 2 N–H and O–H groups in total. The summed E-state index contributed by atoms with van der Waals surface area (Å²) in [5.41, 5.74) is 4.01. The van der Waals surface area contributed by atoms with Gasteiger partial charge in [0.25, 0.3) is 0 Å². The maximum Gasteiger partial charge on any atom is 0.227 e. The molecule has 0 fully saturated rings. The molecule has 2 aromatic rings. The van der Waals surface area contributed by atoms with Crippen LogP contribution in [0.2, 0.25) is 0 Å². The molecule has 2 rings (SSSR count). The number of hydrogen-bond donors (Lipinski definition) is 2. The Hall–Kier alpha value is -2.62. The smallest absolute Gasteiger partial charge is 0.227 e. The lowest BCUT2D eigenvalue weighted by atomic mass is 9.97. The first-order valence-corrected chi connectivity index (χ1v) is 9.78. The molecule has 0 saturated carbocycles. The van der Waals surface area contributed by atoms with Gasteiger partial charge in [-0.2, -0.15) is 0 Å². The molecule has 0 radical (unpaired) electrons. The zero-order chi connectivity index (χ0) is 19.6. The van der Waals surface area contributed by atoms with Crippen molar-refractivity contribution in [2.45, 2.75) is 52.9 Å². The summed E-state index contributed by atoms with van der Waals surface area (Å²) in [4.78, 5) is 23.5. The number of hydrogen-bond acceptors (Lipinski definition) is 2. The van der Waals surface area contributed by atoms with Gasteiger partial charge in [0.15, 0.2) is 0 Å². The van der Waals surface area contributed by atoms with Gasteiger partial charge in [-0.1, -0.05) is 51.0 Å². The lowest BCUT2D eigenvalue weighted by Gasteiger charge is -2.15. The monoisotopic (exact) mass is 366 g/mol. The van der Waals surface area contributed by atoms with Crippen molar-refractivity contribution in [1.29, 1.82) is 0 Å². The molecule has 0 bridgehead atoms. The van der Waals surface area contributed by atoms with Crippen LogP contribution in [0.25, 0.3) is 0 Å². The molecular weight excluding hydrogens is 336 g/mol. The van der Waals surface area contributed by atoms with E-state index in [1.54, 1.807) is 0 Å². The Kier molecular flexibility index (Phi) is 8.05. The van der Waals surface area contributed by atoms with Crippen LogP contribution in [0.15, 0.2) is 48.5 Å². The van der Waals surface area contributed by atoms with Gasteiger partial charge in [0.1, 0.15) is 0 Å². The van der Waals surface area contributed by atoms with E-state index in [1.807, 2.05) is 48.5 Å². The largest absolute Gasteiger partial charge is 0.326 e. The van der Waals surface area contributed by atoms with Gasteiger partial charge in [0.05, 0.1) is 0 Å². The first-order valence-electron chi connectivity index (χ1n) is 9.78. The second-order valence-electron chi connectivity index (χ2n) is 7.02. The van der Waals surface area contributed by atoms with Gasteiger partial charge in [0, 0.05) is 24.2 Å². The third-order valence-electron chi connectivity index (χ3n) is 4.55. The summed E-state index contributed by atoms with van der Waals surface area (Å²) in [5.74, 6) is 0.155. The van der Waals surface area contributed by atoms with Crippen LogP contribution in [-0.4, -0.2) is 11.8 Å². The standard InChI is InChI=1S/C23H30N2O2/c1-4-6-20(7-5-2)23(27)25-22-14-10-19(11-15-22)16-18-8-12-21(13-9-18)24-17(3)26/h8-15,20H,4-7,16H2,1-3H3,(H,24,26)(H,25,27). The highest BCUT2D eigenvalue weighted by Crippen LogP contribution is 2.19. The minimum Gasteiger partial charge on any atom is -0.326 e. The molecular formula is C23H30N2O2. The third kappa shape index (κ3) is 6.89. The van der Waals surface area contributed by atoms with Gasteiger partial charge in [-0.25, -0.2) is 0 Å². The van der Waals surface area contributed by atoms with Crippen molar-refractivity contribution in [3.63, 3.8) is 0 Å². The van der Waals surface area contributed by atoms with E-state index in [1.165, 1.54) is 18.1 Å². The normalized spacial score (nSPS) is 10.7. The number of nitrogens with one attached hydrogen (secondary N) is 2. The molecule has 0 unspecified atom stereocenters. The fourth-order valence-electron chi connectivity index (χ4n) is 3.20. The molecule has 27 heavy (non-hydrogen) atoms. The Labute approximate surface area is 162 Å². The molecule has 0 saturated heterocycles. The summed E-state index contributed by atoms with van der Waals surface area (Å²) in [6.07, 6.45) is 4.73. The Bertz CT molecular complexity index is 730. The molecule has 0 aliphatic rings. The zero-order valence-electron chi connectivity index (χ0n) is 16.5. The minimum atomic E-state index is -0.0690. The first kappa shape index (κ1) is 20.7. The van der Waals surface area contributed by atoms with E-state index < -0.39 is 0 Å². The highest BCUT2D eigenvalue weighted by Gasteiger charge is 2.16. The fourth-order valence-corrected chi connectivity index (χ4v) is 3.20. The Morgan fingerprint density at radius 1 is 0.778 bits per heavy atom. The van der Waals surface area contributed by atoms with Gasteiger partial charge in [-0.3, -0.25) is 9.59 Å². The van der Waals surface area contributed by atoms with Crippen LogP contribution in [0.3, 0.4) is 0 Å². The average molecular weight is 367 g/mol. The molecule has 2 amide bonds. The van der Waals surface area contributed by atoms with Crippen molar-refractivity contribution < 1.29 is 9.59 Å². The highest BCUT2D eigenvalue weighted by molar-refractivity contribution is 5.92. The zero-order valence-corrected chi connectivity index (χ0v) is 16.5. The van der Waals surface area contributed by atoms with E-state index in [0.29, 0.717) is 0 Å². The summed E-state index contributed by atoms with van der Waals surface area (Å²) < 4.78 is 0. The fraction of sp³-hybridized carbons (Fsp3) is 0.391. The van der Waals surface area contributed by atoms with Crippen LogP contribution in [-0.2, 0) is 16.0 Å². The molecule has 0 heterocycles. The average Bonchev–Trinajstić information content (AvgIpc) is 2.64. The number of anilines is 2. The van der Waals surface area contributed by atoms with Gasteiger partial charge < -0.3 is 10.6 Å². The Balaban J connectivity index is 1.94. The van der Waals surface area contributed by atoms with E-state index in [9.17, 15) is 9.59 Å². The van der Waals surface area contributed by atoms with Crippen LogP contribution in [0, 0.1) is 5.92 Å². The maximum atomic E-state index is 12.4. The second-order valence-corrected chi connectivity index (χ2v) is 7.02. The van der Waals surface area contributed by atoms with Gasteiger partial charge >= 0.3 is 0 Å². The molecule has 0 spiro atoms. The van der Waals surface area contributed by atoms with E-state index in [2.05, 4.69) is 24.5 Å². The van der Waals surface area contributed by atoms with Crippen molar-refractivity contribution >= 4 is 23.2 Å². The van der Waals surface area contributed by atoms with Crippen molar-refractivity contribution in [3.8, 4) is 0 Å². The quantitative estimate of drug-likeness (QED) is 0.625. The predicted molar refractivity (Wildman–Crippen MR) is 112 cm³/mol. The van der Waals surface area contributed by atoms with E-state index in [0.717, 1.165) is 43.5 Å². The number of amides is 2. The SMILES string of the molecule is CCCC(CCC)C(=O)Nc1ccc(Cc2ccc(NC(C)=O)cc2)cc1. The second kappa shape index (κ2) is 10.5. The molecule has 0 aliphatic carbocycles. The molecule has 144 valence electrons. The number of carbonyl (C=O) groups excluding carboxylic acids is 2. The van der Waals surface area contributed by atoms with Crippen LogP contribution in [0.4, 0.5) is 11.4 Å². The summed E-state index contributed by atoms with van der Waals surface area (Å²) >= 11 is 0. The molecule has 4 heteroatoms. The Morgan fingerprint density at radius 2 is 1.22 bits per heavy atom. The predicted octanol–water partition coefficient (Wildman–Crippen LogP) is 5.39. The topological polar surface area (TPSA) is 58.2 Å². The van der Waals surface area contributed by atoms with Crippen LogP contribution >= 0.6 is 0 Å². The highest BCUT2D eigenvalue weighted by atomic mass is 16.2. The van der Waals surface area contributed by atoms with Crippen LogP contribution < -0.4 is 10.6 Å². The van der Waals surface area contributed by atoms with Gasteiger partial charge in [-0.15, -0.1) is 0 Å². The van der Waals surface area contributed by atoms with Crippen molar-refractivity contribution in [3.05, 3.63) is 59.7 Å². The van der Waals surface area contributed by atoms with Gasteiger partial charge in [-0.05, 0) is 54.7 Å². The summed E-state index contributed by atoms with van der Waals surface area (Å²) in [7, 11) is 0. The molecule has 4 nitrogen and oxygen atoms in total. The lowest BCUT2D eigenvalue weighted by Crippen LogP contribution is -2.22. The van der Waals surface area contributed by atoms with Crippen LogP contribution in [0.5, 0.6) is 0 Å². The van der Waals surface area contributed by atoms with Crippen molar-refractivity contribution in [2.24, 2.45) is 5.92 Å². The molecule has 0 atom stereocenters. The number of benzene rings is 2. The van der Waals surface area contributed by atoms with Crippen molar-refractivity contribution in [2.75, 3.05) is 10.6 Å². The summed E-state index contributed by atoms with van der Waals surface area (Å²) in [6, 6.07) is 15.9. The lowest BCUT2D eigenvalue weighted by molar-refractivity contribution is -0.120. The van der Waals surface area contributed by atoms with Crippen molar-refractivity contribution in [1.82, 2.24) is 0 Å². The summed E-state index contributed by atoms with van der Waals surface area (Å²) in [5, 5.41) is 5.82. The summed E-state index contributed by atoms with van der Waals surface area (Å²) in [6.45, 7) is 5.74. The van der Waals surface area contributed by atoms with E-state index >= 15 is 0 Å². The van der Waals surface area contributed by atoms with Crippen LogP contribution in [0.1, 0.15) is 57.6 Å². The number of rotatable bonds is 9. The van der Waals surface area contributed by atoms with E-state index in [-0.39, 0.29) is 17.7 Å².